The van der Waals surface area contributed by atoms with Gasteiger partial charge in [-0.1, -0.05) is 19.1 Å². The van der Waals surface area contributed by atoms with Gasteiger partial charge in [-0.05, 0) is 24.4 Å². The van der Waals surface area contributed by atoms with Gasteiger partial charge in [0.2, 0.25) is 5.91 Å². The highest BCUT2D eigenvalue weighted by Crippen LogP contribution is 2.12. The van der Waals surface area contributed by atoms with Gasteiger partial charge in [0.15, 0.2) is 0 Å². The van der Waals surface area contributed by atoms with E-state index in [-0.39, 0.29) is 19.0 Å². The van der Waals surface area contributed by atoms with Crippen LogP contribution in [-0.4, -0.2) is 53.0 Å². The van der Waals surface area contributed by atoms with Gasteiger partial charge in [-0.15, -0.1) is 17.9 Å². The van der Waals surface area contributed by atoms with Crippen molar-refractivity contribution in [2.75, 3.05) is 26.2 Å². The highest BCUT2D eigenvalue weighted by Gasteiger charge is 2.18. The van der Waals surface area contributed by atoms with Gasteiger partial charge in [-0.2, -0.15) is 0 Å². The fourth-order valence-electron chi connectivity index (χ4n) is 2.01. The first-order valence-corrected chi connectivity index (χ1v) is 7.80. The predicted octanol–water partition coefficient (Wildman–Crippen LogP) is 2.06. The molecule has 1 heterocycles. The van der Waals surface area contributed by atoms with Crippen LogP contribution in [0.15, 0.2) is 30.2 Å². The number of nitrogens with zero attached hydrogens (tertiary/aromatic N) is 2. The van der Waals surface area contributed by atoms with Gasteiger partial charge < -0.3 is 10.0 Å². The molecule has 0 saturated carbocycles. The molecule has 1 rings (SSSR count). The number of hydrogen-bond acceptors (Lipinski definition) is 4. The molecule has 116 valence electrons. The number of carbonyl (C=O) groups is 2. The summed E-state index contributed by atoms with van der Waals surface area (Å²) in [6.45, 7) is 7.25. The second-order valence-corrected chi connectivity index (χ2v) is 5.78. The lowest BCUT2D eigenvalue weighted by atomic mass is 10.3. The second kappa shape index (κ2) is 9.31. The standard InChI is InChI=1S/C15H22N2O3S/c1-3-7-16(12-15(19)20)11-14(18)17(8-4-2)10-13-6-5-9-21-13/h4-6,9H,2-3,7-8,10-12H2,1H3,(H,19,20). The average molecular weight is 310 g/mol. The SMILES string of the molecule is C=CCN(Cc1cccs1)C(=O)CN(CCC)CC(=O)O. The maximum Gasteiger partial charge on any atom is 0.317 e. The van der Waals surface area contributed by atoms with Gasteiger partial charge >= 0.3 is 5.97 Å². The van der Waals surface area contributed by atoms with Crippen LogP contribution in [0.5, 0.6) is 0 Å². The first-order valence-electron chi connectivity index (χ1n) is 6.92. The number of carboxylic acids is 1. The number of rotatable bonds is 10. The number of thiophene rings is 1. The van der Waals surface area contributed by atoms with E-state index in [4.69, 9.17) is 5.11 Å². The predicted molar refractivity (Wildman–Crippen MR) is 84.3 cm³/mol. The number of aliphatic carboxylic acids is 1. The minimum absolute atomic E-state index is 0.0713. The van der Waals surface area contributed by atoms with Crippen molar-refractivity contribution in [3.05, 3.63) is 35.0 Å². The van der Waals surface area contributed by atoms with Crippen molar-refractivity contribution in [1.82, 2.24) is 9.80 Å². The molecule has 6 heteroatoms. The van der Waals surface area contributed by atoms with Crippen molar-refractivity contribution in [3.8, 4) is 0 Å². The van der Waals surface area contributed by atoms with E-state index in [1.54, 1.807) is 27.2 Å². The van der Waals surface area contributed by atoms with E-state index in [1.165, 1.54) is 0 Å². The molecule has 1 aromatic rings. The summed E-state index contributed by atoms with van der Waals surface area (Å²) in [5.74, 6) is -0.984. The zero-order valence-corrected chi connectivity index (χ0v) is 13.1. The molecule has 0 aliphatic carbocycles. The molecule has 0 saturated heterocycles. The van der Waals surface area contributed by atoms with Gasteiger partial charge in [0.1, 0.15) is 0 Å². The lowest BCUT2D eigenvalue weighted by Gasteiger charge is -2.25. The maximum atomic E-state index is 12.4. The molecule has 0 radical (unpaired) electrons. The molecular weight excluding hydrogens is 288 g/mol. The molecule has 0 atom stereocenters. The second-order valence-electron chi connectivity index (χ2n) is 4.75. The van der Waals surface area contributed by atoms with Gasteiger partial charge in [0.25, 0.3) is 0 Å². The first kappa shape index (κ1) is 17.4. The van der Waals surface area contributed by atoms with Crippen LogP contribution in [0.3, 0.4) is 0 Å². The Kier molecular flexibility index (Phi) is 7.71. The van der Waals surface area contributed by atoms with E-state index in [1.807, 2.05) is 24.4 Å². The first-order chi connectivity index (χ1) is 10.1. The summed E-state index contributed by atoms with van der Waals surface area (Å²) in [5, 5.41) is 10.9. The Morgan fingerprint density at radius 2 is 2.19 bits per heavy atom. The van der Waals surface area contributed by atoms with E-state index < -0.39 is 5.97 Å². The van der Waals surface area contributed by atoms with Crippen LogP contribution in [0.2, 0.25) is 0 Å². The number of carboxylic acid groups (broad SMARTS) is 1. The van der Waals surface area contributed by atoms with E-state index in [9.17, 15) is 9.59 Å². The molecule has 21 heavy (non-hydrogen) atoms. The van der Waals surface area contributed by atoms with Crippen molar-refractivity contribution in [3.63, 3.8) is 0 Å². The van der Waals surface area contributed by atoms with E-state index in [0.29, 0.717) is 19.6 Å². The van der Waals surface area contributed by atoms with Gasteiger partial charge in [0.05, 0.1) is 19.6 Å². The molecule has 0 aliphatic heterocycles. The highest BCUT2D eigenvalue weighted by molar-refractivity contribution is 7.09. The smallest absolute Gasteiger partial charge is 0.317 e. The summed E-state index contributed by atoms with van der Waals surface area (Å²) in [6.07, 6.45) is 2.50. The molecule has 0 bridgehead atoms. The Labute approximate surface area is 129 Å². The van der Waals surface area contributed by atoms with Crippen molar-refractivity contribution >= 4 is 23.2 Å². The molecule has 1 amide bonds. The Morgan fingerprint density at radius 1 is 1.43 bits per heavy atom. The molecule has 0 aromatic carbocycles. The van der Waals surface area contributed by atoms with Crippen molar-refractivity contribution in [1.29, 1.82) is 0 Å². The fraction of sp³-hybridized carbons (Fsp3) is 0.467. The van der Waals surface area contributed by atoms with E-state index >= 15 is 0 Å². The van der Waals surface area contributed by atoms with Crippen molar-refractivity contribution in [2.45, 2.75) is 19.9 Å². The highest BCUT2D eigenvalue weighted by atomic mass is 32.1. The van der Waals surface area contributed by atoms with Crippen LogP contribution < -0.4 is 0 Å². The molecule has 0 spiro atoms. The molecule has 0 unspecified atom stereocenters. The topological polar surface area (TPSA) is 60.9 Å². The zero-order valence-electron chi connectivity index (χ0n) is 12.3. The van der Waals surface area contributed by atoms with E-state index in [0.717, 1.165) is 11.3 Å². The Balaban J connectivity index is 2.65. The normalized spacial score (nSPS) is 10.6. The van der Waals surface area contributed by atoms with Crippen molar-refractivity contribution < 1.29 is 14.7 Å². The summed E-state index contributed by atoms with van der Waals surface area (Å²) in [5.41, 5.74) is 0. The maximum absolute atomic E-state index is 12.4. The molecule has 1 aromatic heterocycles. The van der Waals surface area contributed by atoms with Crippen LogP contribution >= 0.6 is 11.3 Å². The third-order valence-electron chi connectivity index (χ3n) is 2.89. The summed E-state index contributed by atoms with van der Waals surface area (Å²) in [4.78, 5) is 27.7. The zero-order chi connectivity index (χ0) is 15.7. The molecule has 1 N–H and O–H groups in total. The van der Waals surface area contributed by atoms with Gasteiger partial charge in [-0.25, -0.2) is 0 Å². The summed E-state index contributed by atoms with van der Waals surface area (Å²) in [6, 6.07) is 3.93. The van der Waals surface area contributed by atoms with Crippen molar-refractivity contribution in [2.24, 2.45) is 0 Å². The van der Waals surface area contributed by atoms with Gasteiger partial charge in [0, 0.05) is 11.4 Å². The summed E-state index contributed by atoms with van der Waals surface area (Å²) in [7, 11) is 0. The van der Waals surface area contributed by atoms with Gasteiger partial charge in [-0.3, -0.25) is 14.5 Å². The minimum atomic E-state index is -0.912. The Morgan fingerprint density at radius 3 is 2.71 bits per heavy atom. The Bertz CT molecular complexity index is 459. The molecule has 0 aliphatic rings. The lowest BCUT2D eigenvalue weighted by Crippen LogP contribution is -2.42. The van der Waals surface area contributed by atoms with E-state index in [2.05, 4.69) is 6.58 Å². The van der Waals surface area contributed by atoms with Crippen LogP contribution in [0.4, 0.5) is 0 Å². The lowest BCUT2D eigenvalue weighted by molar-refractivity contribution is -0.139. The van der Waals surface area contributed by atoms with Crippen LogP contribution in [0, 0.1) is 0 Å². The monoisotopic (exact) mass is 310 g/mol. The quantitative estimate of drug-likeness (QED) is 0.672. The minimum Gasteiger partial charge on any atom is -0.480 e. The average Bonchev–Trinajstić information content (AvgIpc) is 2.90. The van der Waals surface area contributed by atoms with Crippen LogP contribution in [0.1, 0.15) is 18.2 Å². The van der Waals surface area contributed by atoms with Crippen LogP contribution in [0.25, 0.3) is 0 Å². The van der Waals surface area contributed by atoms with Crippen LogP contribution in [-0.2, 0) is 16.1 Å². The largest absolute Gasteiger partial charge is 0.480 e. The number of carbonyl (C=O) groups excluding carboxylic acids is 1. The summed E-state index contributed by atoms with van der Waals surface area (Å²) < 4.78 is 0. The fourth-order valence-corrected chi connectivity index (χ4v) is 2.73. The number of amides is 1. The molecule has 5 nitrogen and oxygen atoms in total. The number of hydrogen-bond donors (Lipinski definition) is 1. The summed E-state index contributed by atoms with van der Waals surface area (Å²) >= 11 is 1.60. The third-order valence-corrected chi connectivity index (χ3v) is 3.75. The molecule has 0 fully saturated rings. The molecular formula is C15H22N2O3S. The third kappa shape index (κ3) is 6.55. The Hall–Kier alpha value is -1.66.